The number of hydrogen-bond donors (Lipinski definition) is 0. The minimum atomic E-state index is -0.111. The molecule has 2 aromatic heterocycles. The Morgan fingerprint density at radius 1 is 0.816 bits per heavy atom. The molecule has 10 radical (unpaired) electrons. The molecule has 4 aromatic rings. The van der Waals surface area contributed by atoms with Gasteiger partial charge in [0.2, 0.25) is 0 Å². The Morgan fingerprint density at radius 2 is 1.45 bits per heavy atom. The predicted octanol–water partition coefficient (Wildman–Crippen LogP) is 5.02. The van der Waals surface area contributed by atoms with E-state index in [-0.39, 0.29) is 22.6 Å². The molecule has 2 aliphatic carbocycles. The van der Waals surface area contributed by atoms with E-state index in [1.165, 1.54) is 0 Å². The van der Waals surface area contributed by atoms with Gasteiger partial charge in [-0.1, -0.05) is 42.5 Å². The van der Waals surface area contributed by atoms with Crippen LogP contribution in [-0.2, 0) is 23.6 Å². The van der Waals surface area contributed by atoms with Crippen LogP contribution in [0.2, 0.25) is 0 Å². The van der Waals surface area contributed by atoms with Crippen molar-refractivity contribution in [2.24, 2.45) is 0 Å². The largest absolute Gasteiger partial charge is 2.00 e. The van der Waals surface area contributed by atoms with Gasteiger partial charge in [0, 0.05) is 5.92 Å². The molecule has 0 amide bonds. The Hall–Kier alpha value is -3.02. The van der Waals surface area contributed by atoms with Gasteiger partial charge in [0.1, 0.15) is 12.1 Å². The number of ether oxygens (including phenoxy) is 2. The predicted molar refractivity (Wildman–Crippen MR) is 144 cm³/mol. The van der Waals surface area contributed by atoms with Crippen molar-refractivity contribution in [2.75, 3.05) is 13.7 Å². The van der Waals surface area contributed by atoms with Crippen molar-refractivity contribution in [1.29, 1.82) is 0 Å². The standard InChI is InChI=1S/C26H22N3O3.C5H5.Fe/c1-31-24-13-7-8-14-25(24)32-16-15-28-23(20-11-3-2-4-12-20)18-29-22(26(28)30)17-21(27-29)19-9-5-6-10-19;1-2-4-5-3-1;/h2-14,17-18H,15-16H2,1H3;1-5H;/q;;+2. The summed E-state index contributed by atoms with van der Waals surface area (Å²) >= 11 is 0. The van der Waals surface area contributed by atoms with Crippen LogP contribution in [0.5, 0.6) is 11.5 Å². The van der Waals surface area contributed by atoms with Crippen LogP contribution in [0.3, 0.4) is 0 Å². The molecule has 6 rings (SSSR count). The van der Waals surface area contributed by atoms with Crippen LogP contribution in [0.25, 0.3) is 16.8 Å². The number of methoxy groups -OCH3 is 1. The average molecular weight is 545 g/mol. The zero-order valence-electron chi connectivity index (χ0n) is 20.9. The minimum absolute atomic E-state index is 0. The first kappa shape index (κ1) is 28.0. The van der Waals surface area contributed by atoms with Gasteiger partial charge in [-0.15, -0.1) is 0 Å². The van der Waals surface area contributed by atoms with Crippen LogP contribution >= 0.6 is 0 Å². The summed E-state index contributed by atoms with van der Waals surface area (Å²) in [5, 5.41) is 4.65. The number of hydrogen-bond acceptors (Lipinski definition) is 4. The van der Waals surface area contributed by atoms with Gasteiger partial charge in [-0.05, 0) is 81.5 Å². The van der Waals surface area contributed by atoms with Crippen LogP contribution in [0.15, 0.2) is 71.7 Å². The molecule has 6 nitrogen and oxygen atoms in total. The monoisotopic (exact) mass is 545 g/mol. The fraction of sp³-hybridized carbons (Fsp3) is 0.0968. The van der Waals surface area contributed by atoms with Crippen molar-refractivity contribution >= 4 is 5.52 Å². The summed E-state index contributed by atoms with van der Waals surface area (Å²) in [5.74, 6) is 2.29. The molecule has 190 valence electrons. The van der Waals surface area contributed by atoms with Gasteiger partial charge in [0.25, 0.3) is 5.56 Å². The van der Waals surface area contributed by atoms with Gasteiger partial charge in [0.15, 0.2) is 11.5 Å². The van der Waals surface area contributed by atoms with Gasteiger partial charge in [-0.2, -0.15) is 5.10 Å². The molecule has 7 heteroatoms. The topological polar surface area (TPSA) is 57.8 Å². The molecule has 38 heavy (non-hydrogen) atoms. The summed E-state index contributed by atoms with van der Waals surface area (Å²) in [6.07, 6.45) is 19.8. The van der Waals surface area contributed by atoms with Crippen molar-refractivity contribution < 1.29 is 26.5 Å². The maximum Gasteiger partial charge on any atom is 2.00 e. The third-order valence-corrected chi connectivity index (χ3v) is 5.96. The molecule has 2 aliphatic rings. The smallest absolute Gasteiger partial charge is 0.493 e. The Kier molecular flexibility index (Phi) is 10.1. The second-order valence-corrected chi connectivity index (χ2v) is 8.33. The summed E-state index contributed by atoms with van der Waals surface area (Å²) in [5.41, 5.74) is 2.91. The summed E-state index contributed by atoms with van der Waals surface area (Å²) in [6, 6.07) is 19.2. The van der Waals surface area contributed by atoms with Gasteiger partial charge >= 0.3 is 17.1 Å². The van der Waals surface area contributed by atoms with E-state index in [1.807, 2.05) is 125 Å². The number of rotatable bonds is 7. The molecular formula is C31H27FeN3O3+2. The van der Waals surface area contributed by atoms with Crippen LogP contribution in [0.1, 0.15) is 5.69 Å². The third kappa shape index (κ3) is 6.51. The second-order valence-electron chi connectivity index (χ2n) is 8.33. The molecule has 2 saturated carbocycles. The van der Waals surface area contributed by atoms with Crippen molar-refractivity contribution in [1.82, 2.24) is 14.2 Å². The minimum Gasteiger partial charge on any atom is -0.493 e. The average Bonchev–Trinajstić information content (AvgIpc) is 3.74. The summed E-state index contributed by atoms with van der Waals surface area (Å²) < 4.78 is 14.7. The number of fused-ring (bicyclic) bond motifs is 1. The van der Waals surface area contributed by atoms with Crippen LogP contribution in [0, 0.1) is 63.7 Å². The van der Waals surface area contributed by atoms with Crippen LogP contribution in [0.4, 0.5) is 0 Å². The third-order valence-electron chi connectivity index (χ3n) is 5.96. The van der Waals surface area contributed by atoms with E-state index in [0.29, 0.717) is 30.2 Å². The molecule has 0 spiro atoms. The number of nitrogens with zero attached hydrogens (tertiary/aromatic N) is 3. The van der Waals surface area contributed by atoms with E-state index < -0.39 is 0 Å². The Labute approximate surface area is 235 Å². The van der Waals surface area contributed by atoms with Crippen molar-refractivity contribution in [3.63, 3.8) is 0 Å². The Bertz CT molecular complexity index is 1350. The fourth-order valence-corrected chi connectivity index (χ4v) is 4.14. The van der Waals surface area contributed by atoms with E-state index in [2.05, 4.69) is 5.10 Å². The number of benzene rings is 2. The molecule has 2 heterocycles. The van der Waals surface area contributed by atoms with E-state index in [9.17, 15) is 4.79 Å². The molecule has 0 aliphatic heterocycles. The molecule has 0 N–H and O–H groups in total. The van der Waals surface area contributed by atoms with Gasteiger partial charge < -0.3 is 14.0 Å². The van der Waals surface area contributed by atoms with Crippen LogP contribution in [-0.4, -0.2) is 27.9 Å². The molecule has 0 atom stereocenters. The van der Waals surface area contributed by atoms with Gasteiger partial charge in [-0.25, -0.2) is 4.52 Å². The molecule has 0 bridgehead atoms. The molecule has 0 saturated heterocycles. The quantitative estimate of drug-likeness (QED) is 0.306. The molecule has 0 unspecified atom stereocenters. The Balaban J connectivity index is 0.000000504. The van der Waals surface area contributed by atoms with Crippen molar-refractivity contribution in [2.45, 2.75) is 6.54 Å². The molecule has 2 aromatic carbocycles. The summed E-state index contributed by atoms with van der Waals surface area (Å²) in [4.78, 5) is 13.5. The van der Waals surface area contributed by atoms with E-state index in [1.54, 1.807) is 16.2 Å². The van der Waals surface area contributed by atoms with Crippen molar-refractivity contribution in [3.05, 3.63) is 147 Å². The number of para-hydroxylation sites is 2. The molecule has 2 fully saturated rings. The normalized spacial score (nSPS) is 15.1. The van der Waals surface area contributed by atoms with Gasteiger partial charge in [-0.3, -0.25) is 4.79 Å². The first-order chi connectivity index (χ1) is 18.2. The first-order valence-corrected chi connectivity index (χ1v) is 12.1. The zero-order valence-corrected chi connectivity index (χ0v) is 22.0. The SMILES string of the molecule is COc1ccccc1OCCn1c(-c2ccccc2)cn2nc([C]3[CH][CH][CH][CH]3)cc2c1=O.[CH]1[CH][CH][CH][CH]1.[Fe+2]. The summed E-state index contributed by atoms with van der Waals surface area (Å²) in [6.45, 7) is 0.703. The fourth-order valence-electron chi connectivity index (χ4n) is 4.14. The summed E-state index contributed by atoms with van der Waals surface area (Å²) in [7, 11) is 1.61. The van der Waals surface area contributed by atoms with E-state index in [4.69, 9.17) is 9.47 Å². The number of aromatic nitrogens is 3. The first-order valence-electron chi connectivity index (χ1n) is 12.1. The Morgan fingerprint density at radius 3 is 2.11 bits per heavy atom. The maximum atomic E-state index is 13.5. The van der Waals surface area contributed by atoms with Crippen LogP contribution < -0.4 is 15.0 Å². The van der Waals surface area contributed by atoms with E-state index in [0.717, 1.165) is 22.9 Å². The van der Waals surface area contributed by atoms with Crippen molar-refractivity contribution in [3.8, 4) is 22.8 Å². The zero-order chi connectivity index (χ0) is 25.5. The maximum absolute atomic E-state index is 13.5. The van der Waals surface area contributed by atoms with E-state index >= 15 is 0 Å². The second kappa shape index (κ2) is 13.7. The van der Waals surface area contributed by atoms with Gasteiger partial charge in [0.05, 0.1) is 31.2 Å². The molecular weight excluding hydrogens is 518 g/mol.